The van der Waals surface area contributed by atoms with Crippen molar-refractivity contribution in [1.29, 1.82) is 0 Å². The van der Waals surface area contributed by atoms with E-state index < -0.39 is 0 Å². The summed E-state index contributed by atoms with van der Waals surface area (Å²) < 4.78 is 0. The molecule has 40 valence electrons. The molecule has 1 N–H and O–H groups in total. The van der Waals surface area contributed by atoms with Gasteiger partial charge < -0.3 is 0 Å². The van der Waals surface area contributed by atoms with Gasteiger partial charge in [0.2, 0.25) is 0 Å². The molecular weight excluding hydrogens is 105 g/mol. The minimum Gasteiger partial charge on any atom is -0.145 e. The van der Waals surface area contributed by atoms with Crippen molar-refractivity contribution in [3.8, 4) is 0 Å². The van der Waals surface area contributed by atoms with Crippen molar-refractivity contribution >= 4 is 14.0 Å². The predicted octanol–water partition coefficient (Wildman–Crippen LogP) is 1.20. The lowest BCUT2D eigenvalue weighted by molar-refractivity contribution is 0.745. The normalized spacial score (nSPS) is 27.7. The molecular formula is C5H11NP+. The molecule has 0 spiro atoms. The van der Waals surface area contributed by atoms with Gasteiger partial charge in [0.05, 0.1) is 6.30 Å². The zero-order valence-electron chi connectivity index (χ0n) is 4.48. The molecule has 0 aromatic carbocycles. The summed E-state index contributed by atoms with van der Waals surface area (Å²) in [5.74, 6) is 0. The summed E-state index contributed by atoms with van der Waals surface area (Å²) in [7, 11) is 0.00836. The highest BCUT2D eigenvalue weighted by Crippen LogP contribution is 2.19. The van der Waals surface area contributed by atoms with E-state index in [4.69, 9.17) is 0 Å². The van der Waals surface area contributed by atoms with Crippen LogP contribution in [0.1, 0.15) is 12.8 Å². The Balaban J connectivity index is 2.25. The fourth-order valence-corrected chi connectivity index (χ4v) is 1.98. The van der Waals surface area contributed by atoms with E-state index in [2.05, 4.69) is 11.4 Å². The van der Waals surface area contributed by atoms with E-state index in [0.29, 0.717) is 0 Å². The van der Waals surface area contributed by atoms with Gasteiger partial charge in [0, 0.05) is 6.54 Å². The Hall–Kier alpha value is 0.130. The molecule has 1 saturated heterocycles. The van der Waals surface area contributed by atoms with Crippen LogP contribution in [0, 0.1) is 0 Å². The molecule has 1 unspecified atom stereocenters. The van der Waals surface area contributed by atoms with E-state index in [1.807, 2.05) is 0 Å². The second-order valence-corrected chi connectivity index (χ2v) is 3.72. The fourth-order valence-electron chi connectivity index (χ4n) is 0.744. The fraction of sp³-hybridized carbons (Fsp3) is 0.800. The van der Waals surface area contributed by atoms with Crippen molar-refractivity contribution in [2.45, 2.75) is 12.8 Å². The van der Waals surface area contributed by atoms with Crippen LogP contribution in [0.15, 0.2) is 0 Å². The Labute approximate surface area is 45.6 Å². The number of hydrogen-bond acceptors (Lipinski definition) is 1. The maximum absolute atomic E-state index is 3.95. The van der Waals surface area contributed by atoms with Crippen molar-refractivity contribution in [1.82, 2.24) is 5.09 Å². The zero-order chi connectivity index (χ0) is 5.11. The van der Waals surface area contributed by atoms with E-state index in [-0.39, 0.29) is 7.70 Å². The molecule has 0 aliphatic carbocycles. The quantitative estimate of drug-likeness (QED) is 0.469. The van der Waals surface area contributed by atoms with Gasteiger partial charge >= 0.3 is 0 Å². The lowest BCUT2D eigenvalue weighted by Gasteiger charge is -2.02. The average Bonchev–Trinajstić information content (AvgIpc) is 1.69. The largest absolute Gasteiger partial charge is 0.174 e. The maximum atomic E-state index is 3.95. The van der Waals surface area contributed by atoms with Crippen molar-refractivity contribution in [2.75, 3.05) is 12.7 Å². The molecule has 0 amide bonds. The van der Waals surface area contributed by atoms with Crippen LogP contribution in [0.4, 0.5) is 0 Å². The summed E-state index contributed by atoms with van der Waals surface area (Å²) in [6, 6.07) is 0. The van der Waals surface area contributed by atoms with Crippen LogP contribution >= 0.6 is 7.70 Å². The van der Waals surface area contributed by atoms with Crippen LogP contribution in [0.5, 0.6) is 0 Å². The zero-order valence-corrected chi connectivity index (χ0v) is 5.38. The first-order chi connectivity index (χ1) is 3.39. The van der Waals surface area contributed by atoms with Gasteiger partial charge in [-0.25, -0.2) is 0 Å². The smallest absolute Gasteiger partial charge is 0.145 e. The Morgan fingerprint density at radius 1 is 1.43 bits per heavy atom. The van der Waals surface area contributed by atoms with Gasteiger partial charge in [0.25, 0.3) is 0 Å². The van der Waals surface area contributed by atoms with Crippen LogP contribution in [0.25, 0.3) is 0 Å². The third-order valence-corrected chi connectivity index (χ3v) is 2.72. The monoisotopic (exact) mass is 116 g/mol. The SMILES string of the molecule is C=[P+]1CCCCN1. The van der Waals surface area contributed by atoms with E-state index in [1.165, 1.54) is 25.5 Å². The Morgan fingerprint density at radius 3 is 2.57 bits per heavy atom. The van der Waals surface area contributed by atoms with Gasteiger partial charge in [-0.05, 0) is 12.8 Å². The molecule has 1 rings (SSSR count). The molecule has 0 saturated carbocycles. The van der Waals surface area contributed by atoms with Crippen molar-refractivity contribution in [3.05, 3.63) is 0 Å². The minimum atomic E-state index is 0.00836. The molecule has 1 aliphatic rings. The second kappa shape index (κ2) is 2.44. The third kappa shape index (κ3) is 1.58. The topological polar surface area (TPSA) is 12.0 Å². The molecule has 2 heteroatoms. The summed E-state index contributed by atoms with van der Waals surface area (Å²) in [5.41, 5.74) is 0. The first-order valence-electron chi connectivity index (χ1n) is 2.71. The summed E-state index contributed by atoms with van der Waals surface area (Å²) in [6.45, 7) is 1.20. The van der Waals surface area contributed by atoms with E-state index in [9.17, 15) is 0 Å². The van der Waals surface area contributed by atoms with Crippen LogP contribution in [-0.4, -0.2) is 19.0 Å². The minimum absolute atomic E-state index is 0.00836. The van der Waals surface area contributed by atoms with Gasteiger partial charge in [0.1, 0.15) is 6.16 Å². The summed E-state index contributed by atoms with van der Waals surface area (Å²) in [5, 5.41) is 3.34. The summed E-state index contributed by atoms with van der Waals surface area (Å²) >= 11 is 0. The molecule has 1 heterocycles. The lowest BCUT2D eigenvalue weighted by Crippen LogP contribution is -2.12. The molecule has 1 aliphatic heterocycles. The third-order valence-electron chi connectivity index (χ3n) is 1.19. The van der Waals surface area contributed by atoms with Crippen molar-refractivity contribution < 1.29 is 0 Å². The summed E-state index contributed by atoms with van der Waals surface area (Å²) in [4.78, 5) is 0. The molecule has 7 heavy (non-hydrogen) atoms. The average molecular weight is 116 g/mol. The van der Waals surface area contributed by atoms with Crippen LogP contribution in [0.3, 0.4) is 0 Å². The molecule has 1 nitrogen and oxygen atoms in total. The van der Waals surface area contributed by atoms with E-state index in [0.717, 1.165) is 0 Å². The molecule has 1 atom stereocenters. The highest BCUT2D eigenvalue weighted by molar-refractivity contribution is 7.53. The number of hydrogen-bond donors (Lipinski definition) is 1. The van der Waals surface area contributed by atoms with Crippen molar-refractivity contribution in [2.24, 2.45) is 0 Å². The standard InChI is InChI=1S/C5H11NP/c1-7-5-3-2-4-6-7/h6H,1-5H2/q+1. The first-order valence-corrected chi connectivity index (χ1v) is 4.42. The van der Waals surface area contributed by atoms with Gasteiger partial charge in [-0.3, -0.25) is 0 Å². The molecule has 0 aromatic rings. The van der Waals surface area contributed by atoms with Crippen LogP contribution < -0.4 is 5.09 Å². The van der Waals surface area contributed by atoms with E-state index in [1.54, 1.807) is 0 Å². The highest BCUT2D eigenvalue weighted by atomic mass is 31.1. The first kappa shape index (κ1) is 5.27. The summed E-state index contributed by atoms with van der Waals surface area (Å²) in [6.07, 6.45) is 8.03. The second-order valence-electron chi connectivity index (χ2n) is 1.88. The molecule has 0 aromatic heterocycles. The van der Waals surface area contributed by atoms with Gasteiger partial charge in [-0.2, -0.15) is 0 Å². The molecule has 0 radical (unpaired) electrons. The Kier molecular flexibility index (Phi) is 1.84. The Bertz CT molecular complexity index is 72.1. The van der Waals surface area contributed by atoms with Crippen molar-refractivity contribution in [3.63, 3.8) is 0 Å². The van der Waals surface area contributed by atoms with Gasteiger partial charge in [-0.15, -0.1) is 5.09 Å². The maximum Gasteiger partial charge on any atom is 0.174 e. The van der Waals surface area contributed by atoms with Gasteiger partial charge in [0.15, 0.2) is 7.70 Å². The number of nitrogens with one attached hydrogen (secondary N) is 1. The number of rotatable bonds is 0. The van der Waals surface area contributed by atoms with Crippen LogP contribution in [0.2, 0.25) is 0 Å². The van der Waals surface area contributed by atoms with E-state index >= 15 is 0 Å². The Morgan fingerprint density at radius 2 is 2.29 bits per heavy atom. The van der Waals surface area contributed by atoms with Crippen LogP contribution in [-0.2, 0) is 0 Å². The van der Waals surface area contributed by atoms with Gasteiger partial charge in [-0.1, -0.05) is 0 Å². The lowest BCUT2D eigenvalue weighted by atomic mass is 10.3. The molecule has 1 fully saturated rings. The highest BCUT2D eigenvalue weighted by Gasteiger charge is 2.09. The predicted molar refractivity (Wildman–Crippen MR) is 36.1 cm³/mol. The molecule has 0 bridgehead atoms.